The number of nitrogens with zero attached hydrogens (tertiary/aromatic N) is 1. The molecular weight excluding hydrogens is 264 g/mol. The highest BCUT2D eigenvalue weighted by atomic mass is 79.9. The van der Waals surface area contributed by atoms with Crippen LogP contribution in [0.2, 0.25) is 0 Å². The van der Waals surface area contributed by atoms with Gasteiger partial charge in [0, 0.05) is 17.1 Å². The van der Waals surface area contributed by atoms with Crippen molar-refractivity contribution in [2.24, 2.45) is 0 Å². The molecule has 2 N–H and O–H groups in total. The summed E-state index contributed by atoms with van der Waals surface area (Å²) in [5.74, 6) is 0. The van der Waals surface area contributed by atoms with Crippen molar-refractivity contribution in [3.05, 3.63) is 32.8 Å². The van der Waals surface area contributed by atoms with Crippen LogP contribution in [0.5, 0.6) is 0 Å². The zero-order valence-electron chi connectivity index (χ0n) is 8.11. The molecular formula is C9H11BrN2O3. The maximum Gasteiger partial charge on any atom is 0.292 e. The van der Waals surface area contributed by atoms with E-state index in [1.54, 1.807) is 19.1 Å². The molecule has 1 atom stereocenters. The van der Waals surface area contributed by atoms with Gasteiger partial charge in [-0.2, -0.15) is 0 Å². The van der Waals surface area contributed by atoms with Crippen LogP contribution >= 0.6 is 15.9 Å². The molecule has 0 amide bonds. The molecule has 0 aliphatic rings. The first-order valence-corrected chi connectivity index (χ1v) is 5.16. The van der Waals surface area contributed by atoms with Gasteiger partial charge in [-0.15, -0.1) is 0 Å². The summed E-state index contributed by atoms with van der Waals surface area (Å²) in [5.41, 5.74) is 0.397. The average Bonchev–Trinajstić information content (AvgIpc) is 2.14. The number of nitro benzene ring substituents is 1. The number of rotatable bonds is 4. The fraction of sp³-hybridized carbons (Fsp3) is 0.333. The first kappa shape index (κ1) is 11.9. The molecule has 1 aromatic rings. The predicted octanol–water partition coefficient (Wildman–Crippen LogP) is 2.15. The summed E-state index contributed by atoms with van der Waals surface area (Å²) in [7, 11) is 0. The largest absolute Gasteiger partial charge is 0.392 e. The molecule has 0 fully saturated rings. The van der Waals surface area contributed by atoms with E-state index in [0.29, 0.717) is 5.69 Å². The van der Waals surface area contributed by atoms with Crippen molar-refractivity contribution in [1.82, 2.24) is 0 Å². The van der Waals surface area contributed by atoms with Gasteiger partial charge >= 0.3 is 0 Å². The van der Waals surface area contributed by atoms with E-state index in [4.69, 9.17) is 5.11 Å². The van der Waals surface area contributed by atoms with Crippen LogP contribution in [0.1, 0.15) is 6.92 Å². The molecule has 0 radical (unpaired) electrons. The number of hydrogen-bond acceptors (Lipinski definition) is 4. The van der Waals surface area contributed by atoms with E-state index >= 15 is 0 Å². The topological polar surface area (TPSA) is 75.4 Å². The monoisotopic (exact) mass is 274 g/mol. The summed E-state index contributed by atoms with van der Waals surface area (Å²) in [4.78, 5) is 10.2. The number of anilines is 1. The fourth-order valence-electron chi connectivity index (χ4n) is 1.07. The molecule has 15 heavy (non-hydrogen) atoms. The van der Waals surface area contributed by atoms with E-state index in [2.05, 4.69) is 21.2 Å². The van der Waals surface area contributed by atoms with Crippen LogP contribution in [0.25, 0.3) is 0 Å². The smallest absolute Gasteiger partial charge is 0.292 e. The Balaban J connectivity index is 2.92. The van der Waals surface area contributed by atoms with Gasteiger partial charge in [0.05, 0.1) is 11.0 Å². The minimum atomic E-state index is -0.552. The van der Waals surface area contributed by atoms with Gasteiger partial charge in [-0.3, -0.25) is 10.1 Å². The van der Waals surface area contributed by atoms with E-state index in [0.717, 1.165) is 4.47 Å². The van der Waals surface area contributed by atoms with E-state index in [-0.39, 0.29) is 12.2 Å². The van der Waals surface area contributed by atoms with Gasteiger partial charge in [-0.25, -0.2) is 0 Å². The van der Waals surface area contributed by atoms with Crippen LogP contribution in [-0.4, -0.2) is 22.7 Å². The van der Waals surface area contributed by atoms with Crippen LogP contribution in [0.15, 0.2) is 22.7 Å². The van der Waals surface area contributed by atoms with Crippen molar-refractivity contribution in [1.29, 1.82) is 0 Å². The average molecular weight is 275 g/mol. The second kappa shape index (κ2) is 5.09. The molecule has 0 saturated carbocycles. The summed E-state index contributed by atoms with van der Waals surface area (Å²) >= 11 is 3.23. The van der Waals surface area contributed by atoms with E-state index in [1.165, 1.54) is 6.07 Å². The fourth-order valence-corrected chi connectivity index (χ4v) is 1.43. The third kappa shape index (κ3) is 3.49. The number of nitrogens with one attached hydrogen (secondary N) is 1. The van der Waals surface area contributed by atoms with Crippen LogP contribution in [0, 0.1) is 10.1 Å². The Bertz CT molecular complexity index is 368. The molecule has 0 saturated heterocycles. The third-order valence-electron chi connectivity index (χ3n) is 1.74. The molecule has 0 aliphatic heterocycles. The van der Waals surface area contributed by atoms with Gasteiger partial charge in [0.1, 0.15) is 5.69 Å². The second-order valence-electron chi connectivity index (χ2n) is 3.15. The van der Waals surface area contributed by atoms with Crippen molar-refractivity contribution in [2.45, 2.75) is 13.0 Å². The Kier molecular flexibility index (Phi) is 4.05. The lowest BCUT2D eigenvalue weighted by atomic mass is 10.2. The van der Waals surface area contributed by atoms with Crippen LogP contribution in [-0.2, 0) is 0 Å². The molecule has 82 valence electrons. The molecule has 0 heterocycles. The molecule has 0 aromatic heterocycles. The standard InChI is InChI=1S/C9H11BrN2O3/c1-6(13)5-11-8-4-7(10)2-3-9(8)12(14)15/h2-4,6,11,13H,5H2,1H3. The Morgan fingerprint density at radius 2 is 2.33 bits per heavy atom. The summed E-state index contributed by atoms with van der Waals surface area (Å²) in [6.45, 7) is 1.88. The molecule has 6 heteroatoms. The van der Waals surface area contributed by atoms with Gasteiger partial charge < -0.3 is 10.4 Å². The van der Waals surface area contributed by atoms with Crippen molar-refractivity contribution in [3.8, 4) is 0 Å². The number of hydrogen-bond donors (Lipinski definition) is 2. The molecule has 1 unspecified atom stereocenters. The summed E-state index contributed by atoms with van der Waals surface area (Å²) in [6.07, 6.45) is -0.552. The molecule has 0 aliphatic carbocycles. The van der Waals surface area contributed by atoms with E-state index in [1.807, 2.05) is 0 Å². The normalized spacial score (nSPS) is 12.2. The lowest BCUT2D eigenvalue weighted by Gasteiger charge is -2.08. The van der Waals surface area contributed by atoms with Gasteiger partial charge in [0.15, 0.2) is 0 Å². The quantitative estimate of drug-likeness (QED) is 0.652. The van der Waals surface area contributed by atoms with E-state index in [9.17, 15) is 10.1 Å². The summed E-state index contributed by atoms with van der Waals surface area (Å²) in [6, 6.07) is 4.63. The zero-order valence-corrected chi connectivity index (χ0v) is 9.69. The van der Waals surface area contributed by atoms with Crippen LogP contribution in [0.4, 0.5) is 11.4 Å². The van der Waals surface area contributed by atoms with Gasteiger partial charge in [0.25, 0.3) is 5.69 Å². The van der Waals surface area contributed by atoms with E-state index < -0.39 is 11.0 Å². The van der Waals surface area contributed by atoms with Crippen LogP contribution < -0.4 is 5.32 Å². The molecule has 1 rings (SSSR count). The highest BCUT2D eigenvalue weighted by molar-refractivity contribution is 9.10. The van der Waals surface area contributed by atoms with Crippen molar-refractivity contribution in [3.63, 3.8) is 0 Å². The summed E-state index contributed by atoms with van der Waals surface area (Å²) < 4.78 is 0.751. The minimum absolute atomic E-state index is 0.00106. The Hall–Kier alpha value is -1.14. The van der Waals surface area contributed by atoms with Crippen molar-refractivity contribution < 1.29 is 10.0 Å². The number of aliphatic hydroxyl groups excluding tert-OH is 1. The van der Waals surface area contributed by atoms with Crippen molar-refractivity contribution in [2.75, 3.05) is 11.9 Å². The van der Waals surface area contributed by atoms with Gasteiger partial charge in [-0.05, 0) is 19.1 Å². The van der Waals surface area contributed by atoms with Crippen molar-refractivity contribution >= 4 is 27.3 Å². The number of benzene rings is 1. The molecule has 0 bridgehead atoms. The summed E-state index contributed by atoms with van der Waals surface area (Å²) in [5, 5.41) is 22.5. The highest BCUT2D eigenvalue weighted by Crippen LogP contribution is 2.27. The lowest BCUT2D eigenvalue weighted by molar-refractivity contribution is -0.384. The number of aliphatic hydroxyl groups is 1. The highest BCUT2D eigenvalue weighted by Gasteiger charge is 2.13. The maximum absolute atomic E-state index is 10.7. The predicted molar refractivity (Wildman–Crippen MR) is 61.0 cm³/mol. The Morgan fingerprint density at radius 1 is 1.67 bits per heavy atom. The maximum atomic E-state index is 10.7. The third-order valence-corrected chi connectivity index (χ3v) is 2.24. The Morgan fingerprint density at radius 3 is 2.87 bits per heavy atom. The van der Waals surface area contributed by atoms with Gasteiger partial charge in [-0.1, -0.05) is 15.9 Å². The minimum Gasteiger partial charge on any atom is -0.392 e. The zero-order chi connectivity index (χ0) is 11.4. The lowest BCUT2D eigenvalue weighted by Crippen LogP contribution is -2.16. The Labute approximate surface area is 95.4 Å². The first-order valence-electron chi connectivity index (χ1n) is 4.36. The van der Waals surface area contributed by atoms with Gasteiger partial charge in [0.2, 0.25) is 0 Å². The first-order chi connectivity index (χ1) is 7.00. The van der Waals surface area contributed by atoms with Crippen LogP contribution in [0.3, 0.4) is 0 Å². The number of nitro groups is 1. The SMILES string of the molecule is CC(O)CNc1cc(Br)ccc1[N+](=O)[O-]. The molecule has 0 spiro atoms. The number of halogens is 1. The molecule has 5 nitrogen and oxygen atoms in total. The second-order valence-corrected chi connectivity index (χ2v) is 4.06. The molecule has 1 aromatic carbocycles.